The predicted molar refractivity (Wildman–Crippen MR) is 94.2 cm³/mol. The summed E-state index contributed by atoms with van der Waals surface area (Å²) in [4.78, 5) is 12.8. The first-order valence-corrected chi connectivity index (χ1v) is 8.37. The summed E-state index contributed by atoms with van der Waals surface area (Å²) in [5.74, 6) is -0.187. The molecule has 0 bridgehead atoms. The van der Waals surface area contributed by atoms with E-state index in [0.29, 0.717) is 34.0 Å². The molecule has 0 amide bonds. The maximum Gasteiger partial charge on any atom is 0.162 e. The van der Waals surface area contributed by atoms with Gasteiger partial charge in [0.15, 0.2) is 5.78 Å². The number of halogens is 2. The Kier molecular flexibility index (Phi) is 4.11. The normalized spacial score (nSPS) is 22.8. The van der Waals surface area contributed by atoms with E-state index in [9.17, 15) is 10.1 Å². The molecule has 0 saturated heterocycles. The smallest absolute Gasteiger partial charge is 0.162 e. The number of nitrogens with two attached hydrogens (primary N) is 1. The highest BCUT2D eigenvalue weighted by atomic mass is 35.5. The molecule has 0 radical (unpaired) electrons. The molecule has 4 nitrogen and oxygen atoms in total. The fourth-order valence-corrected chi connectivity index (χ4v) is 3.77. The van der Waals surface area contributed by atoms with Crippen molar-refractivity contribution in [3.8, 4) is 6.07 Å². The van der Waals surface area contributed by atoms with Gasteiger partial charge in [-0.15, -0.1) is 0 Å². The molecule has 2 aliphatic rings. The molecule has 3 N–H and O–H groups in total. The van der Waals surface area contributed by atoms with Gasteiger partial charge in [-0.25, -0.2) is 0 Å². The average molecular weight is 362 g/mol. The standard InChI is InChI=1S/C18H17Cl2N3O/c1-18(2)6-13-16(14(24)7-18)15(10(8-21)17(22)23-13)9-3-4-11(19)12(20)5-9/h3-5,15,23H,6-7,22H2,1-2H3. The highest BCUT2D eigenvalue weighted by molar-refractivity contribution is 6.42. The summed E-state index contributed by atoms with van der Waals surface area (Å²) in [6.07, 6.45) is 1.13. The van der Waals surface area contributed by atoms with E-state index >= 15 is 0 Å². The third-order valence-corrected chi connectivity index (χ3v) is 5.21. The van der Waals surface area contributed by atoms with Gasteiger partial charge < -0.3 is 11.1 Å². The highest BCUT2D eigenvalue weighted by Gasteiger charge is 2.41. The number of allylic oxidation sites excluding steroid dienone is 3. The Morgan fingerprint density at radius 3 is 2.62 bits per heavy atom. The minimum Gasteiger partial charge on any atom is -0.384 e. The number of rotatable bonds is 1. The molecular formula is C18H17Cl2N3O. The van der Waals surface area contributed by atoms with Gasteiger partial charge in [-0.2, -0.15) is 5.26 Å². The molecule has 0 saturated carbocycles. The first-order valence-electron chi connectivity index (χ1n) is 7.61. The summed E-state index contributed by atoms with van der Waals surface area (Å²) >= 11 is 12.1. The van der Waals surface area contributed by atoms with Crippen LogP contribution in [0, 0.1) is 16.7 Å². The Morgan fingerprint density at radius 2 is 2.00 bits per heavy atom. The maximum absolute atomic E-state index is 12.8. The Balaban J connectivity index is 2.20. The van der Waals surface area contributed by atoms with Crippen molar-refractivity contribution in [2.45, 2.75) is 32.6 Å². The first kappa shape index (κ1) is 16.9. The highest BCUT2D eigenvalue weighted by Crippen LogP contribution is 2.46. The van der Waals surface area contributed by atoms with Crippen molar-refractivity contribution >= 4 is 29.0 Å². The van der Waals surface area contributed by atoms with Crippen molar-refractivity contribution in [2.24, 2.45) is 11.1 Å². The van der Waals surface area contributed by atoms with Crippen molar-refractivity contribution in [3.63, 3.8) is 0 Å². The lowest BCUT2D eigenvalue weighted by Crippen LogP contribution is -2.39. The number of nitrogens with zero attached hydrogens (tertiary/aromatic N) is 1. The lowest BCUT2D eigenvalue weighted by atomic mass is 9.69. The van der Waals surface area contributed by atoms with Gasteiger partial charge in [0.05, 0.1) is 27.6 Å². The molecule has 6 heteroatoms. The van der Waals surface area contributed by atoms with Gasteiger partial charge in [-0.1, -0.05) is 43.1 Å². The number of nitriles is 1. The van der Waals surface area contributed by atoms with Crippen molar-refractivity contribution in [2.75, 3.05) is 0 Å². The maximum atomic E-state index is 12.8. The minimum absolute atomic E-state index is 0.0325. The molecule has 1 aromatic rings. The Labute approximate surface area is 150 Å². The van der Waals surface area contributed by atoms with E-state index in [1.54, 1.807) is 18.2 Å². The third-order valence-electron chi connectivity index (χ3n) is 4.47. The number of carbonyl (C=O) groups excluding carboxylic acids is 1. The fraction of sp³-hybridized carbons (Fsp3) is 0.333. The van der Waals surface area contributed by atoms with Crippen molar-refractivity contribution in [3.05, 3.63) is 56.5 Å². The Hall–Kier alpha value is -1.96. The van der Waals surface area contributed by atoms with Gasteiger partial charge in [-0.05, 0) is 29.5 Å². The van der Waals surface area contributed by atoms with Crippen molar-refractivity contribution < 1.29 is 4.79 Å². The zero-order valence-electron chi connectivity index (χ0n) is 13.4. The molecule has 0 aromatic heterocycles. The number of ketones is 1. The molecule has 1 aliphatic heterocycles. The quantitative estimate of drug-likeness (QED) is 0.791. The van der Waals surface area contributed by atoms with Gasteiger partial charge in [0.2, 0.25) is 0 Å². The van der Waals surface area contributed by atoms with Crippen LogP contribution in [-0.2, 0) is 4.79 Å². The van der Waals surface area contributed by atoms with Crippen LogP contribution in [0.2, 0.25) is 10.0 Å². The van der Waals surface area contributed by atoms with E-state index in [2.05, 4.69) is 11.4 Å². The second-order valence-electron chi connectivity index (χ2n) is 7.00. The van der Waals surface area contributed by atoms with Crippen LogP contribution in [-0.4, -0.2) is 5.78 Å². The SMILES string of the molecule is CC1(C)CC(=O)C2=C(C1)NC(N)=C(C#N)C2c1ccc(Cl)c(Cl)c1. The summed E-state index contributed by atoms with van der Waals surface area (Å²) in [6.45, 7) is 4.09. The molecule has 1 aromatic carbocycles. The van der Waals surface area contributed by atoms with Gasteiger partial charge >= 0.3 is 0 Å². The molecular weight excluding hydrogens is 345 g/mol. The zero-order valence-corrected chi connectivity index (χ0v) is 14.9. The van der Waals surface area contributed by atoms with Crippen LogP contribution in [0.3, 0.4) is 0 Å². The monoisotopic (exact) mass is 361 g/mol. The van der Waals surface area contributed by atoms with Crippen LogP contribution in [0.25, 0.3) is 0 Å². The van der Waals surface area contributed by atoms with Crippen LogP contribution in [0.1, 0.15) is 38.2 Å². The van der Waals surface area contributed by atoms with Crippen LogP contribution >= 0.6 is 23.2 Å². The molecule has 24 heavy (non-hydrogen) atoms. The molecule has 0 spiro atoms. The topological polar surface area (TPSA) is 78.9 Å². The first-order chi connectivity index (χ1) is 11.2. The Morgan fingerprint density at radius 1 is 1.29 bits per heavy atom. The van der Waals surface area contributed by atoms with Crippen LogP contribution in [0.5, 0.6) is 0 Å². The third kappa shape index (κ3) is 2.79. The minimum atomic E-state index is -0.510. The van der Waals surface area contributed by atoms with Crippen LogP contribution in [0.15, 0.2) is 40.9 Å². The molecule has 124 valence electrons. The number of hydrogen-bond donors (Lipinski definition) is 2. The molecule has 0 fully saturated rings. The molecule has 1 atom stereocenters. The van der Waals surface area contributed by atoms with Gasteiger partial charge in [0.1, 0.15) is 5.82 Å². The molecule has 1 aliphatic carbocycles. The average Bonchev–Trinajstić information content (AvgIpc) is 2.47. The van der Waals surface area contributed by atoms with Gasteiger partial charge in [0, 0.05) is 17.7 Å². The van der Waals surface area contributed by atoms with E-state index < -0.39 is 5.92 Å². The van der Waals surface area contributed by atoms with E-state index in [-0.39, 0.29) is 17.0 Å². The lowest BCUT2D eigenvalue weighted by Gasteiger charge is -2.38. The lowest BCUT2D eigenvalue weighted by molar-refractivity contribution is -0.118. The van der Waals surface area contributed by atoms with Crippen LogP contribution in [0.4, 0.5) is 0 Å². The number of nitrogens with one attached hydrogen (secondary N) is 1. The van der Waals surface area contributed by atoms with Gasteiger partial charge in [-0.3, -0.25) is 4.79 Å². The number of dihydropyridines is 1. The largest absolute Gasteiger partial charge is 0.384 e. The summed E-state index contributed by atoms with van der Waals surface area (Å²) < 4.78 is 0. The fourth-order valence-electron chi connectivity index (χ4n) is 3.46. The van der Waals surface area contributed by atoms with Crippen LogP contribution < -0.4 is 11.1 Å². The summed E-state index contributed by atoms with van der Waals surface area (Å²) in [5.41, 5.74) is 8.40. The molecule has 1 unspecified atom stereocenters. The van der Waals surface area contributed by atoms with E-state index in [1.165, 1.54) is 0 Å². The van der Waals surface area contributed by atoms with Crippen molar-refractivity contribution in [1.29, 1.82) is 5.26 Å². The van der Waals surface area contributed by atoms with Gasteiger partial charge in [0.25, 0.3) is 0 Å². The predicted octanol–water partition coefficient (Wildman–Crippen LogP) is 4.02. The van der Waals surface area contributed by atoms with E-state index in [0.717, 1.165) is 11.3 Å². The Bertz CT molecular complexity index is 846. The second-order valence-corrected chi connectivity index (χ2v) is 7.82. The number of carbonyl (C=O) groups is 1. The van der Waals surface area contributed by atoms with E-state index in [1.807, 2.05) is 13.8 Å². The summed E-state index contributed by atoms with van der Waals surface area (Å²) in [6, 6.07) is 7.29. The van der Waals surface area contributed by atoms with Crippen molar-refractivity contribution in [1.82, 2.24) is 5.32 Å². The zero-order chi connectivity index (χ0) is 17.6. The summed E-state index contributed by atoms with van der Waals surface area (Å²) in [5, 5.41) is 13.5. The molecule has 3 rings (SSSR count). The number of Topliss-reactive ketones (excluding diaryl/α,β-unsaturated/α-hetero) is 1. The number of hydrogen-bond acceptors (Lipinski definition) is 4. The van der Waals surface area contributed by atoms with E-state index in [4.69, 9.17) is 28.9 Å². The number of benzene rings is 1. The summed E-state index contributed by atoms with van der Waals surface area (Å²) in [7, 11) is 0. The second kappa shape index (κ2) is 5.84. The molecule has 1 heterocycles.